The average molecular weight is 428 g/mol. The van der Waals surface area contributed by atoms with Crippen LogP contribution in [0, 0.1) is 0 Å². The molecular weight excluding hydrogens is 402 g/mol. The van der Waals surface area contributed by atoms with Crippen molar-refractivity contribution in [3.8, 4) is 5.69 Å². The Bertz CT molecular complexity index is 1110. The largest absolute Gasteiger partial charge is 0.351 e. The summed E-state index contributed by atoms with van der Waals surface area (Å²) in [4.78, 5) is 23.3. The number of rotatable bonds is 6. The summed E-state index contributed by atoms with van der Waals surface area (Å²) in [6.07, 6.45) is 6.02. The summed E-state index contributed by atoms with van der Waals surface area (Å²) in [6, 6.07) is 9.62. The van der Waals surface area contributed by atoms with Crippen LogP contribution in [0.3, 0.4) is 0 Å². The van der Waals surface area contributed by atoms with Gasteiger partial charge in [-0.2, -0.15) is 8.78 Å². The number of hydrogen-bond acceptors (Lipinski definition) is 4. The van der Waals surface area contributed by atoms with Crippen LogP contribution in [0.2, 0.25) is 0 Å². The Hall–Kier alpha value is -2.58. The van der Waals surface area contributed by atoms with E-state index in [2.05, 4.69) is 19.6 Å². The van der Waals surface area contributed by atoms with E-state index in [1.807, 2.05) is 30.3 Å². The SMILES string of the molecule is O=c1c2[nH]c(CN3CCCCC3)cc2ncn1-c1cccc(C2CC(OC(F)F)C2)c1. The summed E-state index contributed by atoms with van der Waals surface area (Å²) in [7, 11) is 0. The molecule has 2 aliphatic rings. The molecule has 6 nitrogen and oxygen atoms in total. The number of piperidine rings is 1. The summed E-state index contributed by atoms with van der Waals surface area (Å²) in [6.45, 7) is 0.248. The number of aromatic amines is 1. The molecule has 2 aromatic heterocycles. The van der Waals surface area contributed by atoms with Crippen molar-refractivity contribution >= 4 is 11.0 Å². The number of H-pyrrole nitrogens is 1. The van der Waals surface area contributed by atoms with Crippen LogP contribution < -0.4 is 5.56 Å². The highest BCUT2D eigenvalue weighted by atomic mass is 19.3. The molecule has 0 bridgehead atoms. The van der Waals surface area contributed by atoms with Crippen LogP contribution in [0.5, 0.6) is 0 Å². The number of hydrogen-bond donors (Lipinski definition) is 1. The first-order valence-corrected chi connectivity index (χ1v) is 10.9. The molecule has 1 aromatic carbocycles. The summed E-state index contributed by atoms with van der Waals surface area (Å²) >= 11 is 0. The Morgan fingerprint density at radius 2 is 1.97 bits per heavy atom. The van der Waals surface area contributed by atoms with Gasteiger partial charge in [-0.15, -0.1) is 0 Å². The van der Waals surface area contributed by atoms with Gasteiger partial charge in [0.15, 0.2) is 0 Å². The first kappa shape index (κ1) is 20.3. The van der Waals surface area contributed by atoms with Crippen LogP contribution in [0.1, 0.15) is 49.3 Å². The lowest BCUT2D eigenvalue weighted by molar-refractivity contribution is -0.184. The van der Waals surface area contributed by atoms with Crippen LogP contribution in [0.25, 0.3) is 16.7 Å². The number of alkyl halides is 2. The molecule has 1 saturated carbocycles. The maximum Gasteiger partial charge on any atom is 0.345 e. The summed E-state index contributed by atoms with van der Waals surface area (Å²) in [5.41, 5.74) is 3.80. The molecule has 0 atom stereocenters. The fourth-order valence-corrected chi connectivity index (χ4v) is 4.71. The van der Waals surface area contributed by atoms with E-state index >= 15 is 0 Å². The molecule has 0 radical (unpaired) electrons. The number of nitrogens with one attached hydrogen (secondary N) is 1. The van der Waals surface area contributed by atoms with E-state index in [9.17, 15) is 13.6 Å². The van der Waals surface area contributed by atoms with Crippen molar-refractivity contribution in [2.75, 3.05) is 13.1 Å². The van der Waals surface area contributed by atoms with E-state index in [4.69, 9.17) is 0 Å². The van der Waals surface area contributed by atoms with Crippen molar-refractivity contribution in [3.05, 3.63) is 58.3 Å². The van der Waals surface area contributed by atoms with Gasteiger partial charge in [0, 0.05) is 12.2 Å². The third-order valence-electron chi connectivity index (χ3n) is 6.45. The molecule has 164 valence electrons. The second kappa shape index (κ2) is 8.51. The number of benzene rings is 1. The zero-order chi connectivity index (χ0) is 21.4. The molecule has 3 aromatic rings. The molecule has 8 heteroatoms. The van der Waals surface area contributed by atoms with Crippen molar-refractivity contribution in [3.63, 3.8) is 0 Å². The van der Waals surface area contributed by atoms with Crippen LogP contribution in [-0.2, 0) is 11.3 Å². The molecule has 0 spiro atoms. The minimum absolute atomic E-state index is 0.139. The third-order valence-corrected chi connectivity index (χ3v) is 6.45. The molecule has 31 heavy (non-hydrogen) atoms. The number of likely N-dealkylation sites (tertiary alicyclic amines) is 1. The lowest BCUT2D eigenvalue weighted by Crippen LogP contribution is -2.31. The fourth-order valence-electron chi connectivity index (χ4n) is 4.71. The van der Waals surface area contributed by atoms with Gasteiger partial charge in [-0.05, 0) is 68.5 Å². The van der Waals surface area contributed by atoms with Crippen LogP contribution >= 0.6 is 0 Å². The third kappa shape index (κ3) is 4.27. The van der Waals surface area contributed by atoms with E-state index < -0.39 is 12.7 Å². The number of fused-ring (bicyclic) bond motifs is 1. The smallest absolute Gasteiger partial charge is 0.345 e. The van der Waals surface area contributed by atoms with Gasteiger partial charge in [-0.25, -0.2) is 4.98 Å². The highest BCUT2D eigenvalue weighted by Crippen LogP contribution is 2.39. The monoisotopic (exact) mass is 428 g/mol. The first-order valence-electron chi connectivity index (χ1n) is 10.9. The maximum atomic E-state index is 13.1. The predicted octanol–water partition coefficient (Wildman–Crippen LogP) is 4.18. The normalized spacial score (nSPS) is 22.2. The zero-order valence-electron chi connectivity index (χ0n) is 17.3. The quantitative estimate of drug-likeness (QED) is 0.640. The maximum absolute atomic E-state index is 13.1. The average Bonchev–Trinajstić information content (AvgIpc) is 3.15. The topological polar surface area (TPSA) is 63.2 Å². The zero-order valence-corrected chi connectivity index (χ0v) is 17.3. The van der Waals surface area contributed by atoms with Crippen molar-refractivity contribution in [2.45, 2.75) is 57.3 Å². The van der Waals surface area contributed by atoms with Crippen molar-refractivity contribution in [2.24, 2.45) is 0 Å². The first-order chi connectivity index (χ1) is 15.1. The lowest BCUT2D eigenvalue weighted by atomic mass is 9.77. The summed E-state index contributed by atoms with van der Waals surface area (Å²) in [5.74, 6) is 0.165. The van der Waals surface area contributed by atoms with Crippen molar-refractivity contribution in [1.82, 2.24) is 19.4 Å². The van der Waals surface area contributed by atoms with Gasteiger partial charge in [0.2, 0.25) is 0 Å². The lowest BCUT2D eigenvalue weighted by Gasteiger charge is -2.35. The molecule has 0 amide bonds. The Kier molecular flexibility index (Phi) is 5.58. The Labute approximate surface area is 178 Å². The molecular formula is C23H26F2N4O2. The van der Waals surface area contributed by atoms with Crippen LogP contribution in [0.15, 0.2) is 41.5 Å². The van der Waals surface area contributed by atoms with Crippen molar-refractivity contribution < 1.29 is 13.5 Å². The molecule has 1 aliphatic heterocycles. The van der Waals surface area contributed by atoms with Crippen LogP contribution in [0.4, 0.5) is 8.78 Å². The highest BCUT2D eigenvalue weighted by molar-refractivity contribution is 5.75. The molecule has 1 saturated heterocycles. The second-order valence-electron chi connectivity index (χ2n) is 8.59. The van der Waals surface area contributed by atoms with E-state index in [-0.39, 0.29) is 11.5 Å². The van der Waals surface area contributed by atoms with E-state index in [1.165, 1.54) is 19.3 Å². The second-order valence-corrected chi connectivity index (χ2v) is 8.59. The number of nitrogens with zero attached hydrogens (tertiary/aromatic N) is 3. The number of ether oxygens (including phenoxy) is 1. The van der Waals surface area contributed by atoms with Gasteiger partial charge >= 0.3 is 6.61 Å². The van der Waals surface area contributed by atoms with Crippen molar-refractivity contribution in [1.29, 1.82) is 0 Å². The standard InChI is InChI=1S/C23H26F2N4O2/c24-23(25)31-19-10-16(11-19)15-5-4-6-18(9-15)29-14-26-20-12-17(27-21(20)22(29)30)13-28-7-2-1-3-8-28/h4-6,9,12,14,16,19,23,27H,1-3,7-8,10-11,13H2. The van der Waals surface area contributed by atoms with Gasteiger partial charge < -0.3 is 9.72 Å². The molecule has 1 N–H and O–H groups in total. The highest BCUT2D eigenvalue weighted by Gasteiger charge is 2.33. The Morgan fingerprint density at radius 3 is 2.74 bits per heavy atom. The van der Waals surface area contributed by atoms with E-state index in [0.29, 0.717) is 23.9 Å². The van der Waals surface area contributed by atoms with E-state index in [0.717, 1.165) is 36.6 Å². The minimum atomic E-state index is -2.73. The minimum Gasteiger partial charge on any atom is -0.351 e. The van der Waals surface area contributed by atoms with Crippen LogP contribution in [-0.4, -0.2) is 45.2 Å². The van der Waals surface area contributed by atoms with Gasteiger partial charge in [0.05, 0.1) is 17.3 Å². The summed E-state index contributed by atoms with van der Waals surface area (Å²) < 4.78 is 30.8. The molecule has 1 aliphatic carbocycles. The molecule has 2 fully saturated rings. The predicted molar refractivity (Wildman–Crippen MR) is 114 cm³/mol. The van der Waals surface area contributed by atoms with Gasteiger partial charge in [-0.3, -0.25) is 14.3 Å². The molecule has 3 heterocycles. The number of aromatic nitrogens is 3. The van der Waals surface area contributed by atoms with Gasteiger partial charge in [0.1, 0.15) is 11.8 Å². The number of halogens is 2. The van der Waals surface area contributed by atoms with E-state index in [1.54, 1.807) is 10.9 Å². The Balaban J connectivity index is 1.36. The fraction of sp³-hybridized carbons (Fsp3) is 0.478. The Morgan fingerprint density at radius 1 is 1.16 bits per heavy atom. The molecule has 0 unspecified atom stereocenters. The summed E-state index contributed by atoms with van der Waals surface area (Å²) in [5, 5.41) is 0. The van der Waals surface area contributed by atoms with Gasteiger partial charge in [0.25, 0.3) is 5.56 Å². The molecule has 5 rings (SSSR count). The van der Waals surface area contributed by atoms with Gasteiger partial charge in [-0.1, -0.05) is 18.6 Å².